The molecule has 0 radical (unpaired) electrons. The van der Waals surface area contributed by atoms with Crippen molar-refractivity contribution in [1.82, 2.24) is 9.55 Å². The van der Waals surface area contributed by atoms with Gasteiger partial charge in [0.05, 0.1) is 16.7 Å². The lowest BCUT2D eigenvalue weighted by atomic mass is 9.88. The molecule has 0 N–H and O–H groups in total. The highest BCUT2D eigenvalue weighted by Crippen LogP contribution is 2.44. The summed E-state index contributed by atoms with van der Waals surface area (Å²) in [5.41, 5.74) is 12.7. The van der Waals surface area contributed by atoms with Crippen LogP contribution >= 0.6 is 0 Å². The van der Waals surface area contributed by atoms with Crippen molar-refractivity contribution >= 4 is 54.5 Å². The van der Waals surface area contributed by atoms with Crippen molar-refractivity contribution < 1.29 is 4.42 Å². The second-order valence-electron chi connectivity index (χ2n) is 14.0. The van der Waals surface area contributed by atoms with Crippen LogP contribution in [0.15, 0.2) is 132 Å². The predicted octanol–water partition coefficient (Wildman–Crippen LogP) is 13.1. The van der Waals surface area contributed by atoms with Gasteiger partial charge in [0.25, 0.3) is 0 Å². The Kier molecular flexibility index (Phi) is 6.74. The van der Waals surface area contributed by atoms with E-state index in [9.17, 15) is 0 Å². The molecule has 9 rings (SSSR count). The van der Waals surface area contributed by atoms with E-state index in [0.717, 1.165) is 44.4 Å². The van der Waals surface area contributed by atoms with Crippen molar-refractivity contribution in [3.8, 4) is 28.2 Å². The van der Waals surface area contributed by atoms with E-state index in [4.69, 9.17) is 9.40 Å². The monoisotopic (exact) mass is 634 g/mol. The van der Waals surface area contributed by atoms with Crippen molar-refractivity contribution in [2.75, 3.05) is 0 Å². The molecule has 0 saturated heterocycles. The van der Waals surface area contributed by atoms with Gasteiger partial charge in [-0.1, -0.05) is 119 Å². The highest BCUT2D eigenvalue weighted by atomic mass is 16.3. The van der Waals surface area contributed by atoms with Crippen molar-refractivity contribution in [1.29, 1.82) is 0 Å². The van der Waals surface area contributed by atoms with Gasteiger partial charge in [-0.2, -0.15) is 0 Å². The summed E-state index contributed by atoms with van der Waals surface area (Å²) in [5, 5.41) is 7.02. The quantitative estimate of drug-likeness (QED) is 0.176. The molecule has 3 nitrogen and oxygen atoms in total. The molecule has 2 heterocycles. The van der Waals surface area contributed by atoms with E-state index < -0.39 is 0 Å². The molecule has 0 saturated carbocycles. The van der Waals surface area contributed by atoms with Crippen LogP contribution in [0.2, 0.25) is 0 Å². The van der Waals surface area contributed by atoms with E-state index in [1.54, 1.807) is 0 Å². The van der Waals surface area contributed by atoms with Gasteiger partial charge >= 0.3 is 0 Å². The molecule has 238 valence electrons. The first-order chi connectivity index (χ1) is 23.9. The molecule has 0 atom stereocenters. The summed E-state index contributed by atoms with van der Waals surface area (Å²) in [7, 11) is 0. The van der Waals surface area contributed by atoms with Gasteiger partial charge in [-0.25, -0.2) is 4.98 Å². The van der Waals surface area contributed by atoms with Gasteiger partial charge < -0.3 is 4.42 Å². The molecule has 0 amide bonds. The SMILES string of the molecule is Cc1cccc2nc(-c3cccc4ccc5cc6c(cc5c34)oc3ccccc36)n(-c3c(C(C)C)cc(-c4ccccc4)cc3C(C)C)c12. The molecule has 9 aromatic rings. The number of fused-ring (bicyclic) bond motifs is 7. The summed E-state index contributed by atoms with van der Waals surface area (Å²) >= 11 is 0. The molecule has 0 unspecified atom stereocenters. The molecular weight excluding hydrogens is 597 g/mol. The van der Waals surface area contributed by atoms with E-state index in [2.05, 4.69) is 161 Å². The standard InChI is InChI=1S/C46H38N2O/c1-27(2)36-24-33(30-14-7-6-8-15-30)25-37(28(3)4)45(36)48-44-29(5)13-11-19-40(44)47-46(48)35-18-12-16-31-21-22-32-23-39-34-17-9-10-20-41(34)49-42(39)26-38(32)43(31)35/h6-28H,1-5H3. The molecule has 0 bridgehead atoms. The summed E-state index contributed by atoms with van der Waals surface area (Å²) in [4.78, 5) is 5.50. The number of hydrogen-bond donors (Lipinski definition) is 0. The lowest BCUT2D eigenvalue weighted by Gasteiger charge is -2.25. The first-order valence-electron chi connectivity index (χ1n) is 17.4. The normalized spacial score (nSPS) is 12.1. The zero-order valence-electron chi connectivity index (χ0n) is 28.6. The topological polar surface area (TPSA) is 31.0 Å². The number of hydrogen-bond acceptors (Lipinski definition) is 2. The summed E-state index contributed by atoms with van der Waals surface area (Å²) in [6, 6.07) is 46.1. The van der Waals surface area contributed by atoms with Crippen molar-refractivity contribution in [2.24, 2.45) is 0 Å². The van der Waals surface area contributed by atoms with Gasteiger partial charge in [0.1, 0.15) is 17.0 Å². The smallest absolute Gasteiger partial charge is 0.146 e. The number of furan rings is 1. The first-order valence-corrected chi connectivity index (χ1v) is 17.4. The van der Waals surface area contributed by atoms with Crippen LogP contribution in [0.4, 0.5) is 0 Å². The van der Waals surface area contributed by atoms with Gasteiger partial charge in [0.15, 0.2) is 0 Å². The molecule has 0 aliphatic rings. The molecule has 0 fully saturated rings. The van der Waals surface area contributed by atoms with Crippen LogP contribution in [0.3, 0.4) is 0 Å². The highest BCUT2D eigenvalue weighted by Gasteiger charge is 2.25. The van der Waals surface area contributed by atoms with Crippen molar-refractivity contribution in [2.45, 2.75) is 46.5 Å². The minimum Gasteiger partial charge on any atom is -0.456 e. The van der Waals surface area contributed by atoms with E-state index in [-0.39, 0.29) is 0 Å². The van der Waals surface area contributed by atoms with Crippen LogP contribution in [-0.2, 0) is 0 Å². The Labute approximate surface area is 286 Å². The Bertz CT molecular complexity index is 2700. The van der Waals surface area contributed by atoms with Crippen LogP contribution in [-0.4, -0.2) is 9.55 Å². The number of benzene rings is 7. The van der Waals surface area contributed by atoms with Gasteiger partial charge in [0, 0.05) is 21.7 Å². The zero-order chi connectivity index (χ0) is 33.4. The lowest BCUT2D eigenvalue weighted by Crippen LogP contribution is -2.10. The van der Waals surface area contributed by atoms with Crippen LogP contribution in [0.1, 0.15) is 56.2 Å². The van der Waals surface area contributed by atoms with Gasteiger partial charge in [-0.15, -0.1) is 0 Å². The number of imidazole rings is 1. The van der Waals surface area contributed by atoms with Gasteiger partial charge in [-0.05, 0) is 99.1 Å². The molecular formula is C46H38N2O. The van der Waals surface area contributed by atoms with Crippen LogP contribution in [0.25, 0.3) is 82.7 Å². The molecule has 7 aromatic carbocycles. The van der Waals surface area contributed by atoms with E-state index in [1.807, 2.05) is 6.07 Å². The minimum absolute atomic E-state index is 0.292. The maximum absolute atomic E-state index is 6.42. The van der Waals surface area contributed by atoms with E-state index in [1.165, 1.54) is 55.0 Å². The third kappa shape index (κ3) is 4.60. The molecule has 2 aromatic heterocycles. The second-order valence-corrected chi connectivity index (χ2v) is 14.0. The highest BCUT2D eigenvalue weighted by molar-refractivity contribution is 6.19. The number of nitrogens with zero attached hydrogens (tertiary/aromatic N) is 2. The van der Waals surface area contributed by atoms with Crippen LogP contribution in [0.5, 0.6) is 0 Å². The maximum atomic E-state index is 6.42. The lowest BCUT2D eigenvalue weighted by molar-refractivity contribution is 0.669. The van der Waals surface area contributed by atoms with Gasteiger partial charge in [0.2, 0.25) is 0 Å². The molecule has 49 heavy (non-hydrogen) atoms. The fourth-order valence-corrected chi connectivity index (χ4v) is 7.83. The second kappa shape index (κ2) is 11.2. The Morgan fingerprint density at radius 3 is 2.06 bits per heavy atom. The fourth-order valence-electron chi connectivity index (χ4n) is 7.83. The van der Waals surface area contributed by atoms with E-state index >= 15 is 0 Å². The van der Waals surface area contributed by atoms with Crippen LogP contribution < -0.4 is 0 Å². The molecule has 0 aliphatic carbocycles. The third-order valence-corrected chi connectivity index (χ3v) is 10.2. The summed E-state index contributed by atoms with van der Waals surface area (Å²) in [6.07, 6.45) is 0. The van der Waals surface area contributed by atoms with Gasteiger partial charge in [-0.3, -0.25) is 4.57 Å². The maximum Gasteiger partial charge on any atom is 0.146 e. The average Bonchev–Trinajstić information content (AvgIpc) is 3.69. The Hall–Kier alpha value is -5.67. The Morgan fingerprint density at radius 1 is 0.571 bits per heavy atom. The van der Waals surface area contributed by atoms with Crippen LogP contribution in [0, 0.1) is 6.92 Å². The fraction of sp³-hybridized carbons (Fsp3) is 0.152. The molecule has 0 aliphatic heterocycles. The number of rotatable bonds is 5. The summed E-state index contributed by atoms with van der Waals surface area (Å²) in [6.45, 7) is 11.5. The summed E-state index contributed by atoms with van der Waals surface area (Å²) < 4.78 is 8.91. The molecule has 0 spiro atoms. The average molecular weight is 635 g/mol. The minimum atomic E-state index is 0.292. The number of para-hydroxylation sites is 2. The first kappa shape index (κ1) is 29.5. The van der Waals surface area contributed by atoms with Crippen molar-refractivity contribution in [3.63, 3.8) is 0 Å². The predicted molar refractivity (Wildman–Crippen MR) is 207 cm³/mol. The molecule has 3 heteroatoms. The van der Waals surface area contributed by atoms with Crippen molar-refractivity contribution in [3.05, 3.63) is 144 Å². The zero-order valence-corrected chi connectivity index (χ0v) is 28.6. The summed E-state index contributed by atoms with van der Waals surface area (Å²) in [5.74, 6) is 1.55. The largest absolute Gasteiger partial charge is 0.456 e. The van der Waals surface area contributed by atoms with E-state index in [0.29, 0.717) is 11.8 Å². The number of aromatic nitrogens is 2. The third-order valence-electron chi connectivity index (χ3n) is 10.2. The Morgan fingerprint density at radius 2 is 1.29 bits per heavy atom. The Balaban J connectivity index is 1.41. The number of aryl methyl sites for hydroxylation is 1.